The van der Waals surface area contributed by atoms with Gasteiger partial charge in [0.1, 0.15) is 0 Å². The van der Waals surface area contributed by atoms with Crippen LogP contribution in [0, 0.1) is 0 Å². The molecule has 0 aromatic heterocycles. The average Bonchev–Trinajstić information content (AvgIpc) is 3.13. The van der Waals surface area contributed by atoms with Crippen LogP contribution in [0.3, 0.4) is 0 Å². The van der Waals surface area contributed by atoms with Gasteiger partial charge in [0, 0.05) is 0 Å². The number of hydrogen-bond donors (Lipinski definition) is 1. The Hall–Kier alpha value is -4.31. The zero-order valence-electron chi connectivity index (χ0n) is 25.3. The van der Waals surface area contributed by atoms with Crippen LogP contribution in [-0.4, -0.2) is 19.0 Å². The van der Waals surface area contributed by atoms with E-state index in [-0.39, 0.29) is 5.92 Å². The van der Waals surface area contributed by atoms with E-state index >= 15 is 0 Å². The predicted octanol–water partition coefficient (Wildman–Crippen LogP) is 7.38. The summed E-state index contributed by atoms with van der Waals surface area (Å²) in [6.07, 6.45) is 1.62. The van der Waals surface area contributed by atoms with Gasteiger partial charge in [-0.15, -0.1) is 0 Å². The molecule has 0 saturated heterocycles. The molecule has 1 N–H and O–H groups in total. The number of benzene rings is 6. The molecule has 224 valence electrons. The van der Waals surface area contributed by atoms with Crippen LogP contribution >= 0.6 is 6.83 Å². The van der Waals surface area contributed by atoms with E-state index < -0.39 is 14.2 Å². The Morgan fingerprint density at radius 1 is 0.467 bits per heavy atom. The number of rotatable bonds is 13. The zero-order valence-corrected chi connectivity index (χ0v) is 26.2. The molecular weight excluding hydrogens is 570 g/mol. The Bertz CT molecular complexity index is 1530. The molecular formula is C40H38BO3P. The van der Waals surface area contributed by atoms with Gasteiger partial charge in [-0.3, -0.25) is 0 Å². The molecule has 0 aliphatic heterocycles. The van der Waals surface area contributed by atoms with Crippen molar-refractivity contribution in [2.75, 3.05) is 6.61 Å². The Labute approximate surface area is 267 Å². The van der Waals surface area contributed by atoms with Gasteiger partial charge in [0.05, 0.1) is 0 Å². The van der Waals surface area contributed by atoms with Gasteiger partial charge in [0.15, 0.2) is 0 Å². The van der Waals surface area contributed by atoms with E-state index in [0.717, 1.165) is 34.1 Å². The fourth-order valence-corrected chi connectivity index (χ4v) is 12.2. The molecule has 0 radical (unpaired) electrons. The van der Waals surface area contributed by atoms with Crippen LogP contribution < -0.4 is 21.2 Å². The van der Waals surface area contributed by atoms with Crippen molar-refractivity contribution in [3.8, 4) is 0 Å². The summed E-state index contributed by atoms with van der Waals surface area (Å²) in [5.74, 6) is 0.232. The molecule has 6 rings (SSSR count). The second kappa shape index (κ2) is 14.2. The van der Waals surface area contributed by atoms with Crippen molar-refractivity contribution in [2.24, 2.45) is 0 Å². The SMILES string of the molecule is OB(OCCCC(c1ccccc1)c1ccccc1)OP(c1ccccc1)(c1ccccc1)(c1ccccc1)c1ccccc1. The Morgan fingerprint density at radius 3 is 1.11 bits per heavy atom. The molecule has 0 atom stereocenters. The van der Waals surface area contributed by atoms with Gasteiger partial charge in [-0.1, -0.05) is 0 Å². The van der Waals surface area contributed by atoms with E-state index in [1.807, 2.05) is 84.9 Å². The first-order chi connectivity index (χ1) is 22.2. The van der Waals surface area contributed by atoms with Crippen molar-refractivity contribution in [2.45, 2.75) is 18.8 Å². The van der Waals surface area contributed by atoms with E-state index in [0.29, 0.717) is 6.61 Å². The van der Waals surface area contributed by atoms with Crippen molar-refractivity contribution in [1.29, 1.82) is 0 Å². The quantitative estimate of drug-likeness (QED) is 0.0845. The summed E-state index contributed by atoms with van der Waals surface area (Å²) in [7, 11) is -1.48. The first-order valence-corrected chi connectivity index (χ1v) is 17.7. The van der Waals surface area contributed by atoms with Crippen LogP contribution in [0.4, 0.5) is 0 Å². The molecule has 0 bridgehead atoms. The van der Waals surface area contributed by atoms with Crippen LogP contribution in [0.5, 0.6) is 0 Å². The predicted molar refractivity (Wildman–Crippen MR) is 190 cm³/mol. The van der Waals surface area contributed by atoms with E-state index in [2.05, 4.69) is 97.1 Å². The van der Waals surface area contributed by atoms with E-state index in [9.17, 15) is 5.02 Å². The van der Waals surface area contributed by atoms with Crippen molar-refractivity contribution in [3.05, 3.63) is 193 Å². The molecule has 0 aliphatic carbocycles. The maximum absolute atomic E-state index is 11.8. The molecule has 0 unspecified atom stereocenters. The van der Waals surface area contributed by atoms with E-state index in [4.69, 9.17) is 9.10 Å². The molecule has 6 aromatic rings. The monoisotopic (exact) mass is 608 g/mol. The standard InChI is InChI=1S/C40H38BO3P/c42-41(43-33-19-32-40(34-20-7-1-8-21-34)35-22-9-2-10-23-35)44-45(36-24-11-3-12-25-36,37-26-13-4-14-27-37,38-28-15-5-16-29-38)39-30-17-6-18-31-39/h1-18,20-31,40,42H,19,32-33H2. The third-order valence-corrected chi connectivity index (χ3v) is 14.3. The fourth-order valence-electron chi connectivity index (χ4n) is 6.57. The summed E-state index contributed by atoms with van der Waals surface area (Å²) in [4.78, 5) is 0. The van der Waals surface area contributed by atoms with Crippen molar-refractivity contribution in [3.63, 3.8) is 0 Å². The number of hydrogen-bond acceptors (Lipinski definition) is 3. The van der Waals surface area contributed by atoms with E-state index in [1.165, 1.54) is 11.1 Å². The molecule has 0 heterocycles. The van der Waals surface area contributed by atoms with Crippen molar-refractivity contribution < 1.29 is 14.1 Å². The first kappa shape index (κ1) is 30.7. The topological polar surface area (TPSA) is 38.7 Å². The van der Waals surface area contributed by atoms with Crippen LogP contribution in [0.2, 0.25) is 0 Å². The average molecular weight is 609 g/mol. The normalized spacial score (nSPS) is 12.4. The summed E-state index contributed by atoms with van der Waals surface area (Å²) in [5.41, 5.74) is 2.54. The van der Waals surface area contributed by atoms with Crippen LogP contribution in [0.15, 0.2) is 182 Å². The summed E-state index contributed by atoms with van der Waals surface area (Å²) >= 11 is 0. The van der Waals surface area contributed by atoms with Gasteiger partial charge in [-0.05, 0) is 0 Å². The fraction of sp³-hybridized carbons (Fsp3) is 0.100. The zero-order chi connectivity index (χ0) is 30.8. The Balaban J connectivity index is 1.37. The second-order valence-corrected chi connectivity index (χ2v) is 15.5. The summed E-state index contributed by atoms with van der Waals surface area (Å²) in [6.45, 7) is -3.67. The Morgan fingerprint density at radius 2 is 0.778 bits per heavy atom. The van der Waals surface area contributed by atoms with Crippen LogP contribution in [0.1, 0.15) is 29.9 Å². The van der Waals surface area contributed by atoms with Crippen LogP contribution in [-0.2, 0) is 9.10 Å². The summed E-state index contributed by atoms with van der Waals surface area (Å²) in [5, 5.41) is 15.7. The van der Waals surface area contributed by atoms with Crippen molar-refractivity contribution in [1.82, 2.24) is 0 Å². The van der Waals surface area contributed by atoms with Crippen LogP contribution in [0.25, 0.3) is 0 Å². The second-order valence-electron chi connectivity index (χ2n) is 11.2. The molecule has 0 amide bonds. The minimum absolute atomic E-state index is 0.232. The van der Waals surface area contributed by atoms with Gasteiger partial charge >= 0.3 is 268 Å². The van der Waals surface area contributed by atoms with Gasteiger partial charge in [0.2, 0.25) is 0 Å². The third-order valence-electron chi connectivity index (χ3n) is 8.60. The minimum atomic E-state index is -4.01. The molecule has 0 spiro atoms. The summed E-state index contributed by atoms with van der Waals surface area (Å²) < 4.78 is 13.4. The van der Waals surface area contributed by atoms with E-state index in [1.54, 1.807) is 0 Å². The summed E-state index contributed by atoms with van der Waals surface area (Å²) in [6, 6.07) is 62.4. The van der Waals surface area contributed by atoms with Gasteiger partial charge in [0.25, 0.3) is 0 Å². The van der Waals surface area contributed by atoms with Gasteiger partial charge in [-0.2, -0.15) is 0 Å². The molecule has 5 heteroatoms. The first-order valence-electron chi connectivity index (χ1n) is 15.5. The van der Waals surface area contributed by atoms with Gasteiger partial charge in [-0.25, -0.2) is 0 Å². The molecule has 6 aromatic carbocycles. The van der Waals surface area contributed by atoms with Gasteiger partial charge < -0.3 is 0 Å². The molecule has 0 saturated carbocycles. The Kier molecular flexibility index (Phi) is 9.69. The molecule has 0 fully saturated rings. The molecule has 45 heavy (non-hydrogen) atoms. The molecule has 0 aliphatic rings. The van der Waals surface area contributed by atoms with Crippen molar-refractivity contribution >= 4 is 35.4 Å². The maximum atomic E-state index is 11.8. The molecule has 3 nitrogen and oxygen atoms in total. The third kappa shape index (κ3) is 6.03.